The van der Waals surface area contributed by atoms with Gasteiger partial charge in [-0.25, -0.2) is 0 Å². The molecule has 126 valence electrons. The first-order valence-electron chi connectivity index (χ1n) is 7.91. The van der Waals surface area contributed by atoms with Gasteiger partial charge in [-0.05, 0) is 32.4 Å². The number of hydrogen-bond donors (Lipinski definition) is 2. The summed E-state index contributed by atoms with van der Waals surface area (Å²) in [5.41, 5.74) is 7.17. The van der Waals surface area contributed by atoms with E-state index >= 15 is 0 Å². The maximum absolute atomic E-state index is 5.83. The minimum atomic E-state index is 0. The third-order valence-electron chi connectivity index (χ3n) is 3.69. The number of rotatable bonds is 9. The molecular formula is C17H31IN4. The highest BCUT2D eigenvalue weighted by Gasteiger charge is 2.09. The van der Waals surface area contributed by atoms with Crippen LogP contribution in [0.2, 0.25) is 0 Å². The van der Waals surface area contributed by atoms with Crippen LogP contribution in [0.15, 0.2) is 35.3 Å². The molecule has 1 aromatic carbocycles. The van der Waals surface area contributed by atoms with E-state index in [0.29, 0.717) is 12.0 Å². The summed E-state index contributed by atoms with van der Waals surface area (Å²) in [6.07, 6.45) is 3.30. The van der Waals surface area contributed by atoms with E-state index in [9.17, 15) is 0 Å². The quantitative estimate of drug-likeness (QED) is 0.280. The zero-order chi connectivity index (χ0) is 15.5. The first-order chi connectivity index (χ1) is 10.1. The summed E-state index contributed by atoms with van der Waals surface area (Å²) in [4.78, 5) is 6.66. The van der Waals surface area contributed by atoms with Crippen LogP contribution in [0.1, 0.15) is 38.7 Å². The van der Waals surface area contributed by atoms with Gasteiger partial charge >= 0.3 is 0 Å². The lowest BCUT2D eigenvalue weighted by molar-refractivity contribution is 0.239. The average molecular weight is 418 g/mol. The van der Waals surface area contributed by atoms with Gasteiger partial charge in [-0.1, -0.05) is 43.7 Å². The number of nitrogens with two attached hydrogens (primary N) is 1. The molecule has 0 aliphatic carbocycles. The number of benzene rings is 1. The zero-order valence-electron chi connectivity index (χ0n) is 14.1. The van der Waals surface area contributed by atoms with Crippen molar-refractivity contribution in [1.82, 2.24) is 10.2 Å². The van der Waals surface area contributed by atoms with Gasteiger partial charge < -0.3 is 11.1 Å². The molecule has 0 bridgehead atoms. The summed E-state index contributed by atoms with van der Waals surface area (Å²) in [6, 6.07) is 11.1. The molecule has 0 fully saturated rings. The number of hydrogen-bond acceptors (Lipinski definition) is 2. The van der Waals surface area contributed by atoms with Gasteiger partial charge in [0.25, 0.3) is 0 Å². The molecule has 1 unspecified atom stereocenters. The third kappa shape index (κ3) is 9.25. The minimum Gasteiger partial charge on any atom is -0.370 e. The molecule has 1 aromatic rings. The SMILES string of the molecule is CCCCN=C(N)NCCC(C)N(C)Cc1ccccc1.I. The van der Waals surface area contributed by atoms with Crippen LogP contribution in [0, 0.1) is 0 Å². The van der Waals surface area contributed by atoms with Crippen LogP contribution in [0.4, 0.5) is 0 Å². The maximum atomic E-state index is 5.83. The second-order valence-corrected chi connectivity index (χ2v) is 5.59. The number of nitrogens with zero attached hydrogens (tertiary/aromatic N) is 2. The fourth-order valence-corrected chi connectivity index (χ4v) is 2.07. The van der Waals surface area contributed by atoms with Crippen molar-refractivity contribution in [1.29, 1.82) is 0 Å². The van der Waals surface area contributed by atoms with Crippen molar-refractivity contribution >= 4 is 29.9 Å². The molecule has 0 aliphatic heterocycles. The first kappa shape index (κ1) is 21.2. The highest BCUT2D eigenvalue weighted by molar-refractivity contribution is 14.0. The van der Waals surface area contributed by atoms with Gasteiger partial charge in [0.1, 0.15) is 0 Å². The van der Waals surface area contributed by atoms with E-state index in [-0.39, 0.29) is 24.0 Å². The largest absolute Gasteiger partial charge is 0.370 e. The minimum absolute atomic E-state index is 0. The van der Waals surface area contributed by atoms with Crippen LogP contribution >= 0.6 is 24.0 Å². The van der Waals surface area contributed by atoms with Crippen molar-refractivity contribution in [3.63, 3.8) is 0 Å². The van der Waals surface area contributed by atoms with E-state index in [2.05, 4.69) is 66.4 Å². The van der Waals surface area contributed by atoms with Crippen molar-refractivity contribution < 1.29 is 0 Å². The first-order valence-corrected chi connectivity index (χ1v) is 7.91. The van der Waals surface area contributed by atoms with Gasteiger partial charge in [-0.3, -0.25) is 9.89 Å². The molecule has 0 heterocycles. The topological polar surface area (TPSA) is 53.6 Å². The number of guanidine groups is 1. The van der Waals surface area contributed by atoms with Crippen LogP contribution in [0.25, 0.3) is 0 Å². The summed E-state index contributed by atoms with van der Waals surface area (Å²) in [6.45, 7) is 7.06. The summed E-state index contributed by atoms with van der Waals surface area (Å²) >= 11 is 0. The lowest BCUT2D eigenvalue weighted by Crippen LogP contribution is -2.36. The van der Waals surface area contributed by atoms with Gasteiger partial charge in [0.15, 0.2) is 5.96 Å². The Kier molecular flexibility index (Phi) is 12.2. The van der Waals surface area contributed by atoms with Crippen molar-refractivity contribution in [2.75, 3.05) is 20.1 Å². The highest BCUT2D eigenvalue weighted by atomic mass is 127. The standard InChI is InChI=1S/C17H30N4.HI/c1-4-5-12-19-17(18)20-13-11-15(2)21(3)14-16-9-7-6-8-10-16;/h6-10,15H,4-5,11-14H2,1-3H3,(H3,18,19,20);1H. The predicted molar refractivity (Wildman–Crippen MR) is 107 cm³/mol. The van der Waals surface area contributed by atoms with Gasteiger partial charge in [-0.15, -0.1) is 24.0 Å². The lowest BCUT2D eigenvalue weighted by atomic mass is 10.1. The number of unbranched alkanes of at least 4 members (excludes halogenated alkanes) is 1. The van der Waals surface area contributed by atoms with Crippen molar-refractivity contribution in [2.45, 2.75) is 45.7 Å². The van der Waals surface area contributed by atoms with Crippen molar-refractivity contribution in [2.24, 2.45) is 10.7 Å². The second-order valence-electron chi connectivity index (χ2n) is 5.59. The van der Waals surface area contributed by atoms with Crippen molar-refractivity contribution in [3.8, 4) is 0 Å². The van der Waals surface area contributed by atoms with Crippen LogP contribution in [0.3, 0.4) is 0 Å². The van der Waals surface area contributed by atoms with Gasteiger partial charge in [0.05, 0.1) is 0 Å². The normalized spacial score (nSPS) is 12.8. The van der Waals surface area contributed by atoms with E-state index < -0.39 is 0 Å². The van der Waals surface area contributed by atoms with Crippen molar-refractivity contribution in [3.05, 3.63) is 35.9 Å². The summed E-state index contributed by atoms with van der Waals surface area (Å²) in [5.74, 6) is 0.571. The molecule has 1 atom stereocenters. The summed E-state index contributed by atoms with van der Waals surface area (Å²) in [5, 5.41) is 3.19. The molecule has 4 nitrogen and oxygen atoms in total. The Labute approximate surface area is 152 Å². The molecule has 0 aliphatic rings. The Bertz CT molecular complexity index is 408. The molecule has 0 amide bonds. The number of halogens is 1. The molecule has 0 saturated carbocycles. The van der Waals surface area contributed by atoms with Crippen LogP contribution in [-0.2, 0) is 6.54 Å². The summed E-state index contributed by atoms with van der Waals surface area (Å²) in [7, 11) is 2.16. The van der Waals surface area contributed by atoms with Gasteiger partial charge in [0, 0.05) is 25.7 Å². The maximum Gasteiger partial charge on any atom is 0.188 e. The Hall–Kier alpha value is -0.820. The fourth-order valence-electron chi connectivity index (χ4n) is 2.07. The van der Waals surface area contributed by atoms with E-state index in [1.807, 2.05) is 0 Å². The monoisotopic (exact) mass is 418 g/mol. The molecule has 5 heteroatoms. The van der Waals surface area contributed by atoms with Crippen LogP contribution in [-0.4, -0.2) is 37.0 Å². The summed E-state index contributed by atoms with van der Waals surface area (Å²) < 4.78 is 0. The third-order valence-corrected chi connectivity index (χ3v) is 3.69. The van der Waals surface area contributed by atoms with Crippen LogP contribution in [0.5, 0.6) is 0 Å². The number of nitrogens with one attached hydrogen (secondary N) is 1. The second kappa shape index (κ2) is 12.7. The lowest BCUT2D eigenvalue weighted by Gasteiger charge is -2.25. The molecule has 0 radical (unpaired) electrons. The Morgan fingerprint density at radius 3 is 2.64 bits per heavy atom. The van der Waals surface area contributed by atoms with Gasteiger partial charge in [-0.2, -0.15) is 0 Å². The molecule has 22 heavy (non-hydrogen) atoms. The predicted octanol–water partition coefficient (Wildman–Crippen LogP) is 3.22. The average Bonchev–Trinajstić information content (AvgIpc) is 2.48. The molecule has 0 saturated heterocycles. The molecule has 1 rings (SSSR count). The van der Waals surface area contributed by atoms with Crippen LogP contribution < -0.4 is 11.1 Å². The van der Waals surface area contributed by atoms with E-state index in [4.69, 9.17) is 5.73 Å². The Morgan fingerprint density at radius 2 is 2.00 bits per heavy atom. The fraction of sp³-hybridized carbons (Fsp3) is 0.588. The molecular weight excluding hydrogens is 387 g/mol. The van der Waals surface area contributed by atoms with E-state index in [1.54, 1.807) is 0 Å². The molecule has 0 aromatic heterocycles. The zero-order valence-corrected chi connectivity index (χ0v) is 16.4. The molecule has 3 N–H and O–H groups in total. The van der Waals surface area contributed by atoms with Gasteiger partial charge in [0.2, 0.25) is 0 Å². The Balaban J connectivity index is 0.00000441. The van der Waals surface area contributed by atoms with E-state index in [0.717, 1.165) is 38.9 Å². The highest BCUT2D eigenvalue weighted by Crippen LogP contribution is 2.07. The smallest absolute Gasteiger partial charge is 0.188 e. The number of aliphatic imine (C=N–C) groups is 1. The molecule has 0 spiro atoms. The Morgan fingerprint density at radius 1 is 1.32 bits per heavy atom. The van der Waals surface area contributed by atoms with E-state index in [1.165, 1.54) is 5.56 Å².